The molecule has 3 rings (SSSR count). The molecule has 1 saturated carbocycles. The van der Waals surface area contributed by atoms with Crippen molar-refractivity contribution in [1.82, 2.24) is 0 Å². The second kappa shape index (κ2) is 15.7. The minimum atomic E-state index is -3.27. The summed E-state index contributed by atoms with van der Waals surface area (Å²) in [6.07, 6.45) is 8.19. The van der Waals surface area contributed by atoms with Gasteiger partial charge in [-0.05, 0) is 59.9 Å². The summed E-state index contributed by atoms with van der Waals surface area (Å²) in [6, 6.07) is 20.1. The Balaban J connectivity index is 1.55. The van der Waals surface area contributed by atoms with Gasteiger partial charge in [-0.1, -0.05) is 107 Å². The van der Waals surface area contributed by atoms with Gasteiger partial charge in [-0.3, -0.25) is 9.59 Å². The maximum absolute atomic E-state index is 14.1. The monoisotopic (exact) mass is 610 g/mol. The van der Waals surface area contributed by atoms with Gasteiger partial charge >= 0.3 is 20.2 Å². The van der Waals surface area contributed by atoms with Gasteiger partial charge in [0.1, 0.15) is 5.78 Å². The summed E-state index contributed by atoms with van der Waals surface area (Å²) in [6.45, 7) is 8.21. The molecule has 0 aliphatic heterocycles. The maximum Gasteiger partial charge on any atom is 0.324 e. The Kier molecular flexibility index (Phi) is 12.6. The van der Waals surface area contributed by atoms with Crippen molar-refractivity contribution < 1.29 is 27.6 Å². The second-order valence-corrected chi connectivity index (χ2v) is 17.1. The Morgan fingerprint density at radius 3 is 2.09 bits per heavy atom. The SMILES string of the molecule is CCCCC(F)(F)C(=O)CC[C@H]1CCC(=O)[C@@H]1CCCCC=CC(=O)O[Si](c1ccccc1)(c1ccccc1)C(C)(C)C. The van der Waals surface area contributed by atoms with E-state index in [0.29, 0.717) is 44.9 Å². The van der Waals surface area contributed by atoms with Crippen LogP contribution in [0, 0.1) is 11.8 Å². The van der Waals surface area contributed by atoms with Crippen LogP contribution < -0.4 is 10.4 Å². The predicted molar refractivity (Wildman–Crippen MR) is 171 cm³/mol. The average molecular weight is 611 g/mol. The first-order chi connectivity index (χ1) is 20.4. The van der Waals surface area contributed by atoms with Crippen molar-refractivity contribution in [3.63, 3.8) is 0 Å². The van der Waals surface area contributed by atoms with Gasteiger partial charge < -0.3 is 4.43 Å². The zero-order chi connectivity index (χ0) is 31.5. The minimum absolute atomic E-state index is 0.00426. The van der Waals surface area contributed by atoms with Crippen LogP contribution in [0.5, 0.6) is 0 Å². The van der Waals surface area contributed by atoms with Crippen molar-refractivity contribution >= 4 is 36.2 Å². The Bertz CT molecular complexity index is 1180. The molecule has 1 aliphatic carbocycles. The molecule has 1 aliphatic rings. The number of benzene rings is 2. The fourth-order valence-corrected chi connectivity index (χ4v) is 10.7. The number of alkyl halides is 2. The molecule has 2 aromatic carbocycles. The van der Waals surface area contributed by atoms with Crippen molar-refractivity contribution in [2.24, 2.45) is 11.8 Å². The molecule has 2 aromatic rings. The van der Waals surface area contributed by atoms with Crippen LogP contribution in [0.1, 0.15) is 98.3 Å². The first-order valence-corrected chi connectivity index (χ1v) is 17.8. The van der Waals surface area contributed by atoms with Crippen molar-refractivity contribution in [2.45, 2.75) is 109 Å². The number of ketones is 2. The smallest absolute Gasteiger partial charge is 0.324 e. The summed E-state index contributed by atoms with van der Waals surface area (Å²) in [5.74, 6) is -4.61. The molecule has 0 heterocycles. The number of unbranched alkanes of at least 4 members (excludes halogenated alkanes) is 3. The lowest BCUT2D eigenvalue weighted by atomic mass is 9.86. The standard InChI is InChI=1S/C36H48F2O4Si/c1-5-6-27-36(37,38)33(40)26-24-28-23-25-32(39)31(28)21-15-7-8-16-22-34(41)42-43(35(2,3)4,29-17-11-9-12-18-29)30-19-13-10-14-20-30/h9-14,16-20,22,28,31H,5-8,15,21,23-27H2,1-4H3/t28-,31-/m1/s1. The highest BCUT2D eigenvalue weighted by atomic mass is 28.4. The van der Waals surface area contributed by atoms with Gasteiger partial charge in [0.15, 0.2) is 0 Å². The average Bonchev–Trinajstić information content (AvgIpc) is 3.34. The number of carbonyl (C=O) groups excluding carboxylic acids is 3. The predicted octanol–water partition coefficient (Wildman–Crippen LogP) is 7.98. The summed E-state index contributed by atoms with van der Waals surface area (Å²) in [7, 11) is -2.97. The van der Waals surface area contributed by atoms with E-state index in [4.69, 9.17) is 4.43 Å². The van der Waals surface area contributed by atoms with Crippen molar-refractivity contribution in [3.8, 4) is 0 Å². The molecule has 2 atom stereocenters. The fourth-order valence-electron chi connectivity index (χ4n) is 6.40. The van der Waals surface area contributed by atoms with Crippen LogP contribution in [0.25, 0.3) is 0 Å². The molecular formula is C36H48F2O4Si. The normalized spacial score (nSPS) is 17.9. The molecule has 0 bridgehead atoms. The highest BCUT2D eigenvalue weighted by Crippen LogP contribution is 2.38. The minimum Gasteiger partial charge on any atom is -0.506 e. The van der Waals surface area contributed by atoms with Crippen LogP contribution in [0.3, 0.4) is 0 Å². The number of carbonyl (C=O) groups is 3. The first kappa shape index (κ1) is 34.6. The molecule has 0 aromatic heterocycles. The zero-order valence-electron chi connectivity index (χ0n) is 26.3. The summed E-state index contributed by atoms with van der Waals surface area (Å²) in [5, 5.41) is 1.77. The lowest BCUT2D eigenvalue weighted by Gasteiger charge is -2.41. The van der Waals surface area contributed by atoms with Crippen molar-refractivity contribution in [3.05, 3.63) is 72.8 Å². The number of allylic oxidation sites excluding steroid dienone is 1. The quantitative estimate of drug-likeness (QED) is 0.110. The van der Waals surface area contributed by atoms with Crippen LogP contribution in [-0.4, -0.2) is 31.8 Å². The molecule has 43 heavy (non-hydrogen) atoms. The van der Waals surface area contributed by atoms with Gasteiger partial charge in [0.25, 0.3) is 0 Å². The lowest BCUT2D eigenvalue weighted by molar-refractivity contribution is -0.144. The van der Waals surface area contributed by atoms with Crippen LogP contribution in [-0.2, 0) is 18.8 Å². The molecule has 234 valence electrons. The van der Waals surface area contributed by atoms with E-state index in [0.717, 1.165) is 23.2 Å². The van der Waals surface area contributed by atoms with E-state index in [9.17, 15) is 23.2 Å². The Morgan fingerprint density at radius 2 is 1.53 bits per heavy atom. The van der Waals surface area contributed by atoms with E-state index in [-0.39, 0.29) is 35.0 Å². The third-order valence-corrected chi connectivity index (χ3v) is 13.7. The van der Waals surface area contributed by atoms with E-state index in [2.05, 4.69) is 20.8 Å². The van der Waals surface area contributed by atoms with Gasteiger partial charge in [-0.2, -0.15) is 8.78 Å². The Morgan fingerprint density at radius 1 is 0.930 bits per heavy atom. The Labute approximate surface area is 257 Å². The molecule has 0 unspecified atom stereocenters. The number of hydrogen-bond acceptors (Lipinski definition) is 4. The maximum atomic E-state index is 14.1. The van der Waals surface area contributed by atoms with E-state index in [1.807, 2.05) is 73.7 Å². The molecule has 0 saturated heterocycles. The van der Waals surface area contributed by atoms with Gasteiger partial charge in [0.2, 0.25) is 5.78 Å². The van der Waals surface area contributed by atoms with Crippen molar-refractivity contribution in [1.29, 1.82) is 0 Å². The Hall–Kier alpha value is -2.93. The van der Waals surface area contributed by atoms with Gasteiger partial charge in [-0.25, -0.2) is 4.79 Å². The highest BCUT2D eigenvalue weighted by Gasteiger charge is 2.53. The molecular weight excluding hydrogens is 562 g/mol. The first-order valence-electron chi connectivity index (χ1n) is 15.9. The van der Waals surface area contributed by atoms with Crippen molar-refractivity contribution in [2.75, 3.05) is 0 Å². The van der Waals surface area contributed by atoms with E-state index in [1.165, 1.54) is 6.08 Å². The molecule has 0 radical (unpaired) electrons. The lowest BCUT2D eigenvalue weighted by Crippen LogP contribution is -2.67. The summed E-state index contributed by atoms with van der Waals surface area (Å²) in [4.78, 5) is 37.9. The number of rotatable bonds is 16. The van der Waals surface area contributed by atoms with E-state index < -0.39 is 26.4 Å². The molecule has 0 amide bonds. The third kappa shape index (κ3) is 9.04. The number of hydrogen-bond donors (Lipinski definition) is 0. The largest absolute Gasteiger partial charge is 0.506 e. The summed E-state index contributed by atoms with van der Waals surface area (Å²) < 4.78 is 34.7. The summed E-state index contributed by atoms with van der Waals surface area (Å²) >= 11 is 0. The van der Waals surface area contributed by atoms with Crippen LogP contribution in [0.2, 0.25) is 5.04 Å². The molecule has 1 fully saturated rings. The van der Waals surface area contributed by atoms with E-state index in [1.54, 1.807) is 0 Å². The van der Waals surface area contributed by atoms with Gasteiger partial charge in [-0.15, -0.1) is 0 Å². The third-order valence-electron chi connectivity index (χ3n) is 8.80. The van der Waals surface area contributed by atoms with E-state index >= 15 is 0 Å². The summed E-state index contributed by atoms with van der Waals surface area (Å²) in [5.41, 5.74) is 0. The fraction of sp³-hybridized carbons (Fsp3) is 0.528. The number of Topliss-reactive ketones (excluding diaryl/α,β-unsaturated/α-hetero) is 2. The van der Waals surface area contributed by atoms with Crippen LogP contribution in [0.4, 0.5) is 8.78 Å². The highest BCUT2D eigenvalue weighted by molar-refractivity contribution is 7.00. The van der Waals surface area contributed by atoms with Gasteiger partial charge in [0.05, 0.1) is 0 Å². The van der Waals surface area contributed by atoms with Crippen LogP contribution >= 0.6 is 0 Å². The molecule has 4 nitrogen and oxygen atoms in total. The topological polar surface area (TPSA) is 60.4 Å². The van der Waals surface area contributed by atoms with Gasteiger partial charge in [0, 0.05) is 31.3 Å². The molecule has 0 spiro atoms. The van der Waals surface area contributed by atoms with Crippen LogP contribution in [0.15, 0.2) is 72.8 Å². The second-order valence-electron chi connectivity index (χ2n) is 12.9. The molecule has 7 heteroatoms. The zero-order valence-corrected chi connectivity index (χ0v) is 27.3. The number of halogens is 2. The molecule has 0 N–H and O–H groups in total.